The third-order valence-corrected chi connectivity index (χ3v) is 4.46. The van der Waals surface area contributed by atoms with E-state index in [1.807, 2.05) is 30.1 Å². The van der Waals surface area contributed by atoms with Crippen LogP contribution in [0, 0.1) is 0 Å². The van der Waals surface area contributed by atoms with Gasteiger partial charge >= 0.3 is 0 Å². The Labute approximate surface area is 124 Å². The maximum atomic E-state index is 12.4. The fourth-order valence-electron chi connectivity index (χ4n) is 1.92. The van der Waals surface area contributed by atoms with Crippen LogP contribution in [-0.2, 0) is 23.6 Å². The molecule has 1 heterocycles. The maximum absolute atomic E-state index is 12.4. The summed E-state index contributed by atoms with van der Waals surface area (Å²) in [4.78, 5) is 0.0849. The highest BCUT2D eigenvalue weighted by atomic mass is 32.2. The zero-order valence-corrected chi connectivity index (χ0v) is 13.0. The highest BCUT2D eigenvalue weighted by Gasteiger charge is 2.19. The zero-order valence-electron chi connectivity index (χ0n) is 12.2. The Morgan fingerprint density at radius 2 is 1.95 bits per heavy atom. The highest BCUT2D eigenvalue weighted by molar-refractivity contribution is 7.89. The quantitative estimate of drug-likeness (QED) is 0.878. The summed E-state index contributed by atoms with van der Waals surface area (Å²) in [5.74, 6) is 0.781. The van der Waals surface area contributed by atoms with Crippen molar-refractivity contribution in [1.82, 2.24) is 9.29 Å². The van der Waals surface area contributed by atoms with Crippen molar-refractivity contribution in [3.63, 3.8) is 0 Å². The fraction of sp³-hybridized carbons (Fsp3) is 0.286. The van der Waals surface area contributed by atoms with Crippen molar-refractivity contribution < 1.29 is 17.9 Å². The van der Waals surface area contributed by atoms with E-state index < -0.39 is 10.0 Å². The first-order chi connectivity index (χ1) is 9.96. The lowest BCUT2D eigenvalue weighted by molar-refractivity contribution is 0.386. The Bertz CT molecular complexity index is 722. The second-order valence-electron chi connectivity index (χ2n) is 4.53. The summed E-state index contributed by atoms with van der Waals surface area (Å²) in [6.45, 7) is 0.221. The molecule has 0 unspecified atom stereocenters. The van der Waals surface area contributed by atoms with Crippen molar-refractivity contribution in [2.45, 2.75) is 11.4 Å². The van der Waals surface area contributed by atoms with Gasteiger partial charge in [0.25, 0.3) is 0 Å². The van der Waals surface area contributed by atoms with Crippen molar-refractivity contribution in [2.75, 3.05) is 14.2 Å². The van der Waals surface area contributed by atoms with Crippen molar-refractivity contribution in [2.24, 2.45) is 7.05 Å². The molecule has 0 aliphatic rings. The molecule has 0 bridgehead atoms. The van der Waals surface area contributed by atoms with E-state index in [9.17, 15) is 8.42 Å². The Kier molecular flexibility index (Phi) is 4.54. The van der Waals surface area contributed by atoms with E-state index in [2.05, 4.69) is 4.72 Å². The number of aryl methyl sites for hydroxylation is 1. The zero-order chi connectivity index (χ0) is 15.5. The van der Waals surface area contributed by atoms with Gasteiger partial charge in [0.1, 0.15) is 16.4 Å². The molecule has 6 nitrogen and oxygen atoms in total. The minimum absolute atomic E-state index is 0.0849. The molecule has 2 aromatic rings. The second kappa shape index (κ2) is 6.19. The molecule has 0 fully saturated rings. The third kappa shape index (κ3) is 3.56. The first kappa shape index (κ1) is 15.4. The van der Waals surface area contributed by atoms with E-state index in [1.165, 1.54) is 26.4 Å². The predicted molar refractivity (Wildman–Crippen MR) is 79.0 cm³/mol. The summed E-state index contributed by atoms with van der Waals surface area (Å²) in [6.07, 6.45) is 3.71. The summed E-state index contributed by atoms with van der Waals surface area (Å²) >= 11 is 0. The number of nitrogens with one attached hydrogen (secondary N) is 1. The smallest absolute Gasteiger partial charge is 0.244 e. The standard InChI is InChI=1S/C14H18N2O4S/c1-16-7-6-11(10-16)9-15-21(17,18)14-5-4-12(19-2)8-13(14)20-3/h4-8,10,15H,9H2,1-3H3. The van der Waals surface area contributed by atoms with Crippen LogP contribution >= 0.6 is 0 Å². The molecule has 0 aliphatic heterocycles. The number of benzene rings is 1. The average Bonchev–Trinajstić information content (AvgIpc) is 2.90. The maximum Gasteiger partial charge on any atom is 0.244 e. The monoisotopic (exact) mass is 310 g/mol. The summed E-state index contributed by atoms with van der Waals surface area (Å²) in [5, 5.41) is 0. The van der Waals surface area contributed by atoms with Crippen LogP contribution in [-0.4, -0.2) is 27.2 Å². The lowest BCUT2D eigenvalue weighted by atomic mass is 10.3. The first-order valence-electron chi connectivity index (χ1n) is 6.29. The van der Waals surface area contributed by atoms with Gasteiger partial charge in [-0.1, -0.05) is 0 Å². The number of nitrogens with zero attached hydrogens (tertiary/aromatic N) is 1. The van der Waals surface area contributed by atoms with Gasteiger partial charge in [0.05, 0.1) is 14.2 Å². The van der Waals surface area contributed by atoms with Crippen LogP contribution in [0.25, 0.3) is 0 Å². The van der Waals surface area contributed by atoms with Gasteiger partial charge in [0, 0.05) is 32.1 Å². The second-order valence-corrected chi connectivity index (χ2v) is 6.26. The van der Waals surface area contributed by atoms with Gasteiger partial charge in [0.15, 0.2) is 0 Å². The van der Waals surface area contributed by atoms with Gasteiger partial charge in [-0.05, 0) is 23.8 Å². The normalized spacial score (nSPS) is 11.4. The number of hydrogen-bond acceptors (Lipinski definition) is 4. The topological polar surface area (TPSA) is 69.6 Å². The summed E-state index contributed by atoms with van der Waals surface area (Å²) < 4.78 is 39.3. The Morgan fingerprint density at radius 3 is 2.52 bits per heavy atom. The van der Waals surface area contributed by atoms with Gasteiger partial charge in [-0.15, -0.1) is 0 Å². The van der Waals surface area contributed by atoms with Crippen molar-refractivity contribution in [1.29, 1.82) is 0 Å². The molecule has 1 N–H and O–H groups in total. The molecule has 114 valence electrons. The number of rotatable bonds is 6. The Hall–Kier alpha value is -1.99. The minimum Gasteiger partial charge on any atom is -0.497 e. The number of methoxy groups -OCH3 is 2. The molecule has 0 atom stereocenters. The lowest BCUT2D eigenvalue weighted by Gasteiger charge is -2.11. The predicted octanol–water partition coefficient (Wildman–Crippen LogP) is 1.52. The van der Waals surface area contributed by atoms with Crippen molar-refractivity contribution in [3.05, 3.63) is 42.2 Å². The summed E-state index contributed by atoms with van der Waals surface area (Å²) in [7, 11) is 1.15. The molecular formula is C14H18N2O4S. The number of aromatic nitrogens is 1. The molecule has 1 aromatic heterocycles. The summed E-state index contributed by atoms with van der Waals surface area (Å²) in [6, 6.07) is 6.44. The van der Waals surface area contributed by atoms with E-state index in [4.69, 9.17) is 9.47 Å². The van der Waals surface area contributed by atoms with Crippen LogP contribution in [0.15, 0.2) is 41.6 Å². The molecule has 0 radical (unpaired) electrons. The van der Waals surface area contributed by atoms with E-state index in [-0.39, 0.29) is 17.2 Å². The van der Waals surface area contributed by atoms with Gasteiger partial charge in [-0.25, -0.2) is 13.1 Å². The fourth-order valence-corrected chi connectivity index (χ4v) is 3.08. The Morgan fingerprint density at radius 1 is 1.19 bits per heavy atom. The van der Waals surface area contributed by atoms with Crippen LogP contribution in [0.1, 0.15) is 5.56 Å². The molecule has 0 saturated carbocycles. The van der Waals surface area contributed by atoms with Gasteiger partial charge in [0.2, 0.25) is 10.0 Å². The van der Waals surface area contributed by atoms with Gasteiger partial charge in [-0.3, -0.25) is 0 Å². The number of ether oxygens (including phenoxy) is 2. The van der Waals surface area contributed by atoms with Crippen molar-refractivity contribution in [3.8, 4) is 11.5 Å². The molecule has 21 heavy (non-hydrogen) atoms. The number of sulfonamides is 1. The van der Waals surface area contributed by atoms with E-state index in [0.29, 0.717) is 5.75 Å². The molecular weight excluding hydrogens is 292 g/mol. The van der Waals surface area contributed by atoms with Gasteiger partial charge < -0.3 is 14.0 Å². The van der Waals surface area contributed by atoms with Crippen LogP contribution in [0.2, 0.25) is 0 Å². The van der Waals surface area contributed by atoms with Gasteiger partial charge in [-0.2, -0.15) is 0 Å². The average molecular weight is 310 g/mol. The largest absolute Gasteiger partial charge is 0.497 e. The van der Waals surface area contributed by atoms with E-state index in [1.54, 1.807) is 6.07 Å². The number of hydrogen-bond donors (Lipinski definition) is 1. The third-order valence-electron chi connectivity index (χ3n) is 3.02. The van der Waals surface area contributed by atoms with E-state index in [0.717, 1.165) is 5.56 Å². The van der Waals surface area contributed by atoms with Crippen LogP contribution in [0.4, 0.5) is 0 Å². The molecule has 0 aliphatic carbocycles. The molecule has 0 spiro atoms. The highest BCUT2D eigenvalue weighted by Crippen LogP contribution is 2.28. The van der Waals surface area contributed by atoms with Crippen molar-refractivity contribution >= 4 is 10.0 Å². The van der Waals surface area contributed by atoms with Crippen LogP contribution in [0.5, 0.6) is 11.5 Å². The SMILES string of the molecule is COc1ccc(S(=O)(=O)NCc2ccn(C)c2)c(OC)c1. The first-order valence-corrected chi connectivity index (χ1v) is 7.77. The molecule has 0 amide bonds. The van der Waals surface area contributed by atoms with E-state index >= 15 is 0 Å². The summed E-state index contributed by atoms with van der Waals surface area (Å²) in [5.41, 5.74) is 0.883. The molecule has 7 heteroatoms. The molecule has 0 saturated heterocycles. The molecule has 2 rings (SSSR count). The minimum atomic E-state index is -3.66. The lowest BCUT2D eigenvalue weighted by Crippen LogP contribution is -2.23. The van der Waals surface area contributed by atoms with Crippen LogP contribution in [0.3, 0.4) is 0 Å². The Balaban J connectivity index is 2.22. The van der Waals surface area contributed by atoms with Crippen LogP contribution < -0.4 is 14.2 Å². The molecule has 1 aromatic carbocycles.